The zero-order valence-electron chi connectivity index (χ0n) is 11.6. The van der Waals surface area contributed by atoms with Gasteiger partial charge in [0.25, 0.3) is 0 Å². The molecule has 2 aromatic heterocycles. The highest BCUT2D eigenvalue weighted by Crippen LogP contribution is 2.29. The molecular formula is C15H18ClN3S. The van der Waals surface area contributed by atoms with E-state index in [9.17, 15) is 0 Å². The van der Waals surface area contributed by atoms with Gasteiger partial charge in [0.05, 0.1) is 5.02 Å². The van der Waals surface area contributed by atoms with Crippen LogP contribution in [0, 0.1) is 5.92 Å². The van der Waals surface area contributed by atoms with Gasteiger partial charge >= 0.3 is 0 Å². The van der Waals surface area contributed by atoms with Crippen LogP contribution < -0.4 is 5.32 Å². The van der Waals surface area contributed by atoms with E-state index in [1.54, 1.807) is 6.20 Å². The average Bonchev–Trinajstić information content (AvgIpc) is 2.43. The second kappa shape index (κ2) is 7.62. The topological polar surface area (TPSA) is 37.8 Å². The second-order valence-electron chi connectivity index (χ2n) is 4.92. The highest BCUT2D eigenvalue weighted by atomic mass is 35.5. The van der Waals surface area contributed by atoms with Gasteiger partial charge in [0.15, 0.2) is 0 Å². The number of halogens is 1. The molecule has 0 aliphatic carbocycles. The Bertz CT molecular complexity index is 543. The first-order valence-corrected chi connectivity index (χ1v) is 7.78. The van der Waals surface area contributed by atoms with Crippen molar-refractivity contribution in [3.63, 3.8) is 0 Å². The predicted molar refractivity (Wildman–Crippen MR) is 84.2 cm³/mol. The third-order valence-electron chi connectivity index (χ3n) is 2.61. The fourth-order valence-electron chi connectivity index (χ4n) is 1.63. The standard InChI is InChI=1S/C15H18ClN3S/c1-11(2)8-17-9-12-5-6-14(19-10-12)20-15-13(16)4-3-7-18-15/h3-7,10-11,17H,8-9H2,1-2H3. The van der Waals surface area contributed by atoms with E-state index in [1.807, 2.05) is 24.4 Å². The Morgan fingerprint density at radius 1 is 1.25 bits per heavy atom. The fourth-order valence-corrected chi connectivity index (χ4v) is 2.58. The summed E-state index contributed by atoms with van der Waals surface area (Å²) in [6, 6.07) is 7.74. The lowest BCUT2D eigenvalue weighted by Gasteiger charge is -2.07. The Morgan fingerprint density at radius 2 is 2.10 bits per heavy atom. The summed E-state index contributed by atoms with van der Waals surface area (Å²) in [7, 11) is 0. The van der Waals surface area contributed by atoms with Crippen LogP contribution in [-0.2, 0) is 6.54 Å². The lowest BCUT2D eigenvalue weighted by molar-refractivity contribution is 0.551. The quantitative estimate of drug-likeness (QED) is 0.874. The van der Waals surface area contributed by atoms with Crippen molar-refractivity contribution >= 4 is 23.4 Å². The molecule has 0 spiro atoms. The molecule has 106 valence electrons. The van der Waals surface area contributed by atoms with Crippen LogP contribution in [0.4, 0.5) is 0 Å². The third-order valence-corrected chi connectivity index (χ3v) is 3.99. The molecule has 0 atom stereocenters. The van der Waals surface area contributed by atoms with Crippen LogP contribution in [-0.4, -0.2) is 16.5 Å². The van der Waals surface area contributed by atoms with Gasteiger partial charge in [-0.1, -0.05) is 31.5 Å². The highest BCUT2D eigenvalue weighted by molar-refractivity contribution is 7.99. The molecule has 0 saturated carbocycles. The molecule has 0 aromatic carbocycles. The predicted octanol–water partition coefficient (Wildman–Crippen LogP) is 4.03. The number of nitrogens with zero attached hydrogens (tertiary/aromatic N) is 2. The Balaban J connectivity index is 1.93. The summed E-state index contributed by atoms with van der Waals surface area (Å²) in [5, 5.41) is 5.74. The molecule has 0 aliphatic heterocycles. The van der Waals surface area contributed by atoms with Gasteiger partial charge in [-0.2, -0.15) is 0 Å². The summed E-state index contributed by atoms with van der Waals surface area (Å²) >= 11 is 7.56. The summed E-state index contributed by atoms with van der Waals surface area (Å²) in [5.74, 6) is 0.657. The van der Waals surface area contributed by atoms with E-state index in [2.05, 4.69) is 35.2 Å². The molecule has 0 amide bonds. The Morgan fingerprint density at radius 3 is 2.75 bits per heavy atom. The first-order valence-electron chi connectivity index (χ1n) is 6.59. The zero-order chi connectivity index (χ0) is 14.4. The summed E-state index contributed by atoms with van der Waals surface area (Å²) < 4.78 is 0. The number of rotatable bonds is 6. The minimum atomic E-state index is 0.655. The van der Waals surface area contributed by atoms with Crippen molar-refractivity contribution in [2.45, 2.75) is 30.4 Å². The SMILES string of the molecule is CC(C)CNCc1ccc(Sc2ncccc2Cl)nc1. The number of aromatic nitrogens is 2. The molecule has 2 heterocycles. The van der Waals surface area contributed by atoms with Crippen molar-refractivity contribution in [3.05, 3.63) is 47.2 Å². The van der Waals surface area contributed by atoms with E-state index in [0.29, 0.717) is 10.9 Å². The monoisotopic (exact) mass is 307 g/mol. The molecule has 0 saturated heterocycles. The maximum Gasteiger partial charge on any atom is 0.121 e. The van der Waals surface area contributed by atoms with Crippen LogP contribution in [0.2, 0.25) is 5.02 Å². The van der Waals surface area contributed by atoms with Crippen molar-refractivity contribution in [2.75, 3.05) is 6.54 Å². The van der Waals surface area contributed by atoms with Crippen LogP contribution >= 0.6 is 23.4 Å². The lowest BCUT2D eigenvalue weighted by Crippen LogP contribution is -2.18. The summed E-state index contributed by atoms with van der Waals surface area (Å²) in [6.45, 7) is 6.25. The van der Waals surface area contributed by atoms with Gasteiger partial charge in [0, 0.05) is 18.9 Å². The van der Waals surface area contributed by atoms with E-state index >= 15 is 0 Å². The van der Waals surface area contributed by atoms with Crippen molar-refractivity contribution in [1.82, 2.24) is 15.3 Å². The van der Waals surface area contributed by atoms with E-state index in [-0.39, 0.29) is 0 Å². The van der Waals surface area contributed by atoms with Gasteiger partial charge in [-0.05, 0) is 48.0 Å². The van der Waals surface area contributed by atoms with Crippen molar-refractivity contribution in [3.8, 4) is 0 Å². The molecule has 5 heteroatoms. The van der Waals surface area contributed by atoms with Crippen molar-refractivity contribution in [1.29, 1.82) is 0 Å². The average molecular weight is 308 g/mol. The molecule has 0 unspecified atom stereocenters. The molecule has 2 rings (SSSR count). The first-order chi connectivity index (χ1) is 9.65. The maximum absolute atomic E-state index is 6.08. The van der Waals surface area contributed by atoms with Gasteiger partial charge in [-0.15, -0.1) is 0 Å². The van der Waals surface area contributed by atoms with Crippen LogP contribution in [0.3, 0.4) is 0 Å². The van der Waals surface area contributed by atoms with Gasteiger partial charge < -0.3 is 5.32 Å². The first kappa shape index (κ1) is 15.3. The molecule has 1 N–H and O–H groups in total. The molecule has 0 fully saturated rings. The van der Waals surface area contributed by atoms with Crippen LogP contribution in [0.15, 0.2) is 46.7 Å². The second-order valence-corrected chi connectivity index (χ2v) is 6.34. The van der Waals surface area contributed by atoms with Gasteiger partial charge in [-0.3, -0.25) is 0 Å². The number of nitrogens with one attached hydrogen (secondary N) is 1. The van der Waals surface area contributed by atoms with Crippen molar-refractivity contribution in [2.24, 2.45) is 5.92 Å². The van der Waals surface area contributed by atoms with Crippen LogP contribution in [0.5, 0.6) is 0 Å². The van der Waals surface area contributed by atoms with Gasteiger partial charge in [0.1, 0.15) is 10.1 Å². The minimum absolute atomic E-state index is 0.655. The van der Waals surface area contributed by atoms with E-state index < -0.39 is 0 Å². The van der Waals surface area contributed by atoms with E-state index in [4.69, 9.17) is 11.6 Å². The zero-order valence-corrected chi connectivity index (χ0v) is 13.2. The number of hydrogen-bond donors (Lipinski definition) is 1. The normalized spacial score (nSPS) is 11.0. The van der Waals surface area contributed by atoms with Crippen LogP contribution in [0.25, 0.3) is 0 Å². The smallest absolute Gasteiger partial charge is 0.121 e. The van der Waals surface area contributed by atoms with Gasteiger partial charge in [0.2, 0.25) is 0 Å². The van der Waals surface area contributed by atoms with Gasteiger partial charge in [-0.25, -0.2) is 9.97 Å². The molecule has 20 heavy (non-hydrogen) atoms. The Kier molecular flexibility index (Phi) is 5.83. The molecule has 2 aromatic rings. The summed E-state index contributed by atoms with van der Waals surface area (Å²) in [5.41, 5.74) is 1.18. The molecule has 0 aliphatic rings. The number of pyridine rings is 2. The number of hydrogen-bond acceptors (Lipinski definition) is 4. The fraction of sp³-hybridized carbons (Fsp3) is 0.333. The summed E-state index contributed by atoms with van der Waals surface area (Å²) in [4.78, 5) is 8.68. The van der Waals surface area contributed by atoms with E-state index in [0.717, 1.165) is 23.1 Å². The Hall–Kier alpha value is -1.10. The van der Waals surface area contributed by atoms with E-state index in [1.165, 1.54) is 17.3 Å². The molecular weight excluding hydrogens is 290 g/mol. The van der Waals surface area contributed by atoms with Crippen molar-refractivity contribution < 1.29 is 0 Å². The summed E-state index contributed by atoms with van der Waals surface area (Å²) in [6.07, 6.45) is 3.63. The largest absolute Gasteiger partial charge is 0.312 e. The third kappa shape index (κ3) is 4.78. The minimum Gasteiger partial charge on any atom is -0.312 e. The Labute approximate surface area is 129 Å². The molecule has 0 bridgehead atoms. The molecule has 0 radical (unpaired) electrons. The van der Waals surface area contributed by atoms with Crippen LogP contribution in [0.1, 0.15) is 19.4 Å². The maximum atomic E-state index is 6.08. The molecule has 3 nitrogen and oxygen atoms in total. The lowest BCUT2D eigenvalue weighted by atomic mass is 10.2. The highest BCUT2D eigenvalue weighted by Gasteiger charge is 2.04.